The first-order valence-corrected chi connectivity index (χ1v) is 4.87. The summed E-state index contributed by atoms with van der Waals surface area (Å²) in [4.78, 5) is 10.9. The molecule has 0 fully saturated rings. The van der Waals surface area contributed by atoms with E-state index in [-0.39, 0.29) is 5.97 Å². The number of hydrogen-bond donors (Lipinski definition) is 0. The van der Waals surface area contributed by atoms with Gasteiger partial charge < -0.3 is 4.74 Å². The Morgan fingerprint density at radius 2 is 2.08 bits per heavy atom. The second kappa shape index (κ2) is 5.80. The number of thioether (sulfide) groups is 1. The smallest absolute Gasteiger partial charge is 0.333 e. The number of ether oxygens (including phenoxy) is 1. The molecule has 0 N–H and O–H groups in total. The van der Waals surface area contributed by atoms with Gasteiger partial charge in [-0.1, -0.05) is 18.3 Å². The number of rotatable bonds is 3. The minimum atomic E-state index is -0.334. The summed E-state index contributed by atoms with van der Waals surface area (Å²) in [6.45, 7) is 5.62. The highest BCUT2D eigenvalue weighted by molar-refractivity contribution is 8.13. The molecule has 3 nitrogen and oxygen atoms in total. The Hall–Kier alpha value is -0.770. The average molecular weight is 202 g/mol. The molecule has 0 spiro atoms. The Kier molecular flexibility index (Phi) is 5.46. The maximum atomic E-state index is 10.9. The lowest BCUT2D eigenvalue weighted by Crippen LogP contribution is -2.10. The molecule has 0 aliphatic rings. The van der Waals surface area contributed by atoms with Crippen molar-refractivity contribution in [2.24, 2.45) is 0 Å². The molecular formula is C9H16NO2S+. The summed E-state index contributed by atoms with van der Waals surface area (Å²) in [5, 5.41) is 1.14. The summed E-state index contributed by atoms with van der Waals surface area (Å²) in [6.07, 6.45) is 0. The van der Waals surface area contributed by atoms with Gasteiger partial charge in [-0.25, -0.2) is 9.37 Å². The highest BCUT2D eigenvalue weighted by Crippen LogP contribution is 2.08. The van der Waals surface area contributed by atoms with Crippen LogP contribution in [-0.2, 0) is 9.53 Å². The number of methoxy groups -OCH3 is 1. The van der Waals surface area contributed by atoms with E-state index in [0.717, 1.165) is 5.04 Å². The molecule has 0 rings (SSSR count). The quantitative estimate of drug-likeness (QED) is 0.226. The number of carbonyl (C=O) groups is 1. The molecule has 74 valence electrons. The van der Waals surface area contributed by atoms with Crippen molar-refractivity contribution in [1.82, 2.24) is 0 Å². The minimum Gasteiger partial charge on any atom is -0.466 e. The molecule has 0 saturated heterocycles. The largest absolute Gasteiger partial charge is 0.466 e. The molecular weight excluding hydrogens is 186 g/mol. The summed E-state index contributed by atoms with van der Waals surface area (Å²) in [5.74, 6) is 0.246. The van der Waals surface area contributed by atoms with Gasteiger partial charge >= 0.3 is 5.97 Å². The first-order chi connectivity index (χ1) is 5.99. The van der Waals surface area contributed by atoms with Gasteiger partial charge in [0.25, 0.3) is 0 Å². The van der Waals surface area contributed by atoms with E-state index in [2.05, 4.69) is 11.3 Å². The van der Waals surface area contributed by atoms with Gasteiger partial charge in [0.05, 0.1) is 7.11 Å². The van der Waals surface area contributed by atoms with Crippen molar-refractivity contribution < 1.29 is 14.1 Å². The van der Waals surface area contributed by atoms with Crippen LogP contribution in [0.15, 0.2) is 12.2 Å². The molecule has 0 unspecified atom stereocenters. The zero-order chi connectivity index (χ0) is 10.4. The first-order valence-electron chi connectivity index (χ1n) is 3.88. The highest BCUT2D eigenvalue weighted by Gasteiger charge is 2.09. The lowest BCUT2D eigenvalue weighted by molar-refractivity contribution is -0.461. The molecule has 0 aromatic rings. The number of nitrogens with zero attached hydrogens (tertiary/aromatic N) is 1. The topological polar surface area (TPSA) is 29.3 Å². The summed E-state index contributed by atoms with van der Waals surface area (Å²) in [7, 11) is 5.28. The van der Waals surface area contributed by atoms with Gasteiger partial charge in [0.15, 0.2) is 0 Å². The van der Waals surface area contributed by atoms with Crippen LogP contribution in [0.1, 0.15) is 6.92 Å². The zero-order valence-corrected chi connectivity index (χ0v) is 9.40. The van der Waals surface area contributed by atoms with Crippen molar-refractivity contribution in [1.29, 1.82) is 0 Å². The maximum absolute atomic E-state index is 10.9. The van der Waals surface area contributed by atoms with Crippen LogP contribution < -0.4 is 0 Å². The van der Waals surface area contributed by atoms with Gasteiger partial charge in [0.1, 0.15) is 14.1 Å². The molecule has 0 bridgehead atoms. The summed E-state index contributed by atoms with van der Waals surface area (Å²) >= 11 is 1.58. The maximum Gasteiger partial charge on any atom is 0.333 e. The van der Waals surface area contributed by atoms with Crippen molar-refractivity contribution in [2.75, 3.05) is 27.0 Å². The minimum absolute atomic E-state index is 0.334. The fraction of sp³-hybridized carbons (Fsp3) is 0.556. The lowest BCUT2D eigenvalue weighted by atomic mass is 10.4. The molecule has 0 aliphatic carbocycles. The molecule has 4 heteroatoms. The predicted octanol–water partition coefficient (Wildman–Crippen LogP) is 1.14. The van der Waals surface area contributed by atoms with Gasteiger partial charge in [-0.15, -0.1) is 0 Å². The van der Waals surface area contributed by atoms with E-state index >= 15 is 0 Å². The average Bonchev–Trinajstić information content (AvgIpc) is 2.11. The van der Waals surface area contributed by atoms with E-state index in [1.807, 2.05) is 25.6 Å². The number of carbonyl (C=O) groups excluding carboxylic acids is 1. The van der Waals surface area contributed by atoms with E-state index in [1.54, 1.807) is 11.8 Å². The highest BCUT2D eigenvalue weighted by atomic mass is 32.2. The van der Waals surface area contributed by atoms with Crippen LogP contribution >= 0.6 is 11.8 Å². The summed E-state index contributed by atoms with van der Waals surface area (Å²) < 4.78 is 6.53. The molecule has 0 heterocycles. The van der Waals surface area contributed by atoms with Crippen molar-refractivity contribution in [3.8, 4) is 0 Å². The molecule has 0 atom stereocenters. The second-order valence-corrected chi connectivity index (χ2v) is 3.97. The van der Waals surface area contributed by atoms with E-state index in [4.69, 9.17) is 0 Å². The first kappa shape index (κ1) is 12.2. The fourth-order valence-electron chi connectivity index (χ4n) is 0.524. The third kappa shape index (κ3) is 4.72. The van der Waals surface area contributed by atoms with Gasteiger partial charge in [-0.05, 0) is 0 Å². The third-order valence-electron chi connectivity index (χ3n) is 1.56. The van der Waals surface area contributed by atoms with Crippen LogP contribution in [0.3, 0.4) is 0 Å². The predicted molar refractivity (Wildman–Crippen MR) is 56.4 cm³/mol. The van der Waals surface area contributed by atoms with Crippen LogP contribution in [0.5, 0.6) is 0 Å². The molecule has 0 aliphatic heterocycles. The van der Waals surface area contributed by atoms with Gasteiger partial charge in [-0.3, -0.25) is 0 Å². The Morgan fingerprint density at radius 3 is 2.46 bits per heavy atom. The SMILES string of the molecule is C=C(CSC(C)=[N+](C)C)C(=O)OC. The van der Waals surface area contributed by atoms with Crippen LogP contribution in [0.4, 0.5) is 0 Å². The molecule has 0 amide bonds. The summed E-state index contributed by atoms with van der Waals surface area (Å²) in [6, 6.07) is 0. The van der Waals surface area contributed by atoms with Crippen LogP contribution in [0.2, 0.25) is 0 Å². The Morgan fingerprint density at radius 1 is 1.54 bits per heavy atom. The monoisotopic (exact) mass is 202 g/mol. The van der Waals surface area contributed by atoms with Crippen LogP contribution in [0, 0.1) is 0 Å². The van der Waals surface area contributed by atoms with E-state index in [9.17, 15) is 4.79 Å². The van der Waals surface area contributed by atoms with E-state index in [0.29, 0.717) is 11.3 Å². The molecule has 0 radical (unpaired) electrons. The number of hydrogen-bond acceptors (Lipinski definition) is 3. The second-order valence-electron chi connectivity index (χ2n) is 2.80. The Labute approximate surface area is 83.5 Å². The zero-order valence-electron chi connectivity index (χ0n) is 8.59. The summed E-state index contributed by atoms with van der Waals surface area (Å²) in [5.41, 5.74) is 0.494. The molecule has 13 heavy (non-hydrogen) atoms. The Bertz CT molecular complexity index is 242. The lowest BCUT2D eigenvalue weighted by Gasteiger charge is -2.01. The van der Waals surface area contributed by atoms with Crippen molar-refractivity contribution >= 4 is 22.8 Å². The van der Waals surface area contributed by atoms with E-state index < -0.39 is 0 Å². The number of esters is 1. The van der Waals surface area contributed by atoms with Crippen LogP contribution in [0.25, 0.3) is 0 Å². The van der Waals surface area contributed by atoms with Crippen molar-refractivity contribution in [3.05, 3.63) is 12.2 Å². The molecule has 0 aromatic carbocycles. The van der Waals surface area contributed by atoms with Crippen molar-refractivity contribution in [2.45, 2.75) is 6.92 Å². The van der Waals surface area contributed by atoms with Crippen molar-refractivity contribution in [3.63, 3.8) is 0 Å². The van der Waals surface area contributed by atoms with E-state index in [1.165, 1.54) is 7.11 Å². The van der Waals surface area contributed by atoms with Gasteiger partial charge in [-0.2, -0.15) is 0 Å². The van der Waals surface area contributed by atoms with Gasteiger partial charge in [0, 0.05) is 18.2 Å². The molecule has 0 aromatic heterocycles. The van der Waals surface area contributed by atoms with Crippen LogP contribution in [-0.4, -0.2) is 42.5 Å². The third-order valence-corrected chi connectivity index (χ3v) is 2.83. The standard InChI is InChI=1S/C9H16NO2S/c1-7(9(11)12-5)6-13-8(2)10(3)4/h1,6H2,2-5H3/q+1. The molecule has 0 saturated carbocycles. The van der Waals surface area contributed by atoms with Gasteiger partial charge in [0.2, 0.25) is 5.04 Å². The fourth-order valence-corrected chi connectivity index (χ4v) is 1.28. The Balaban J connectivity index is 3.98. The normalized spacial score (nSPS) is 9.23.